The molecule has 1 unspecified atom stereocenters. The molecule has 1 aromatic carbocycles. The molecular weight excluding hydrogens is 346 g/mol. The van der Waals surface area contributed by atoms with Crippen molar-refractivity contribution < 1.29 is 19.4 Å². The molecule has 0 saturated carbocycles. The van der Waals surface area contributed by atoms with Gasteiger partial charge in [-0.3, -0.25) is 4.79 Å². The fraction of sp³-hybridized carbons (Fsp3) is 0.353. The number of rotatable bonds is 4. The minimum Gasteiger partial charge on any atom is -0.479 e. The molecule has 1 aliphatic rings. The van der Waals surface area contributed by atoms with E-state index in [1.54, 1.807) is 16.8 Å². The van der Waals surface area contributed by atoms with Crippen molar-refractivity contribution in [2.45, 2.75) is 19.4 Å². The second kappa shape index (κ2) is 7.25. The van der Waals surface area contributed by atoms with Crippen LogP contribution in [-0.2, 0) is 16.0 Å². The molecule has 25 heavy (non-hydrogen) atoms. The summed E-state index contributed by atoms with van der Waals surface area (Å²) in [7, 11) is 0. The summed E-state index contributed by atoms with van der Waals surface area (Å²) in [6.45, 7) is 2.52. The summed E-state index contributed by atoms with van der Waals surface area (Å²) in [5.41, 5.74) is 1.99. The van der Waals surface area contributed by atoms with Crippen molar-refractivity contribution in [2.75, 3.05) is 19.7 Å². The quantitative estimate of drug-likeness (QED) is 0.898. The molecule has 132 valence electrons. The van der Waals surface area contributed by atoms with Gasteiger partial charge in [-0.1, -0.05) is 24.6 Å². The normalized spacial score (nSPS) is 17.5. The molecule has 2 aromatic rings. The number of hydrogen-bond donors (Lipinski definition) is 1. The zero-order valence-electron chi connectivity index (χ0n) is 13.7. The maximum atomic E-state index is 12.9. The van der Waals surface area contributed by atoms with E-state index in [0.29, 0.717) is 23.6 Å². The molecule has 8 heteroatoms. The summed E-state index contributed by atoms with van der Waals surface area (Å²) in [5, 5.41) is 14.0. The molecule has 1 atom stereocenters. The van der Waals surface area contributed by atoms with Crippen LogP contribution in [0.15, 0.2) is 30.5 Å². The molecular formula is C17H18ClN3O4. The van der Waals surface area contributed by atoms with Crippen LogP contribution in [0.3, 0.4) is 0 Å². The lowest BCUT2D eigenvalue weighted by atomic mass is 10.1. The summed E-state index contributed by atoms with van der Waals surface area (Å²) in [5.74, 6) is -1.30. The zero-order chi connectivity index (χ0) is 18.0. The van der Waals surface area contributed by atoms with Gasteiger partial charge in [-0.15, -0.1) is 0 Å². The number of carboxylic acids is 1. The predicted octanol–water partition coefficient (Wildman–Crippen LogP) is 2.01. The van der Waals surface area contributed by atoms with Gasteiger partial charge in [0, 0.05) is 11.6 Å². The highest BCUT2D eigenvalue weighted by atomic mass is 35.5. The molecule has 1 aliphatic heterocycles. The molecule has 0 aliphatic carbocycles. The van der Waals surface area contributed by atoms with Crippen molar-refractivity contribution in [3.63, 3.8) is 0 Å². The largest absolute Gasteiger partial charge is 0.479 e. The van der Waals surface area contributed by atoms with E-state index in [1.807, 2.05) is 19.1 Å². The first-order valence-corrected chi connectivity index (χ1v) is 8.35. The lowest BCUT2D eigenvalue weighted by molar-refractivity contribution is -0.154. The third-order valence-corrected chi connectivity index (χ3v) is 4.35. The number of morpholine rings is 1. The summed E-state index contributed by atoms with van der Waals surface area (Å²) in [6.07, 6.45) is 1.12. The molecule has 0 bridgehead atoms. The van der Waals surface area contributed by atoms with Crippen LogP contribution < -0.4 is 0 Å². The first-order chi connectivity index (χ1) is 12.0. The maximum Gasteiger partial charge on any atom is 0.334 e. The fourth-order valence-electron chi connectivity index (χ4n) is 2.88. The Kier molecular flexibility index (Phi) is 5.06. The molecule has 0 radical (unpaired) electrons. The van der Waals surface area contributed by atoms with Crippen LogP contribution >= 0.6 is 11.6 Å². The highest BCUT2D eigenvalue weighted by molar-refractivity contribution is 6.30. The fourth-order valence-corrected chi connectivity index (χ4v) is 3.06. The Morgan fingerprint density at radius 3 is 2.92 bits per heavy atom. The number of benzene rings is 1. The van der Waals surface area contributed by atoms with E-state index in [2.05, 4.69) is 5.10 Å². The van der Waals surface area contributed by atoms with Crippen molar-refractivity contribution in [1.29, 1.82) is 0 Å². The monoisotopic (exact) mass is 363 g/mol. The second-order valence-electron chi connectivity index (χ2n) is 5.70. The number of carbonyl (C=O) groups excluding carboxylic acids is 1. The maximum absolute atomic E-state index is 12.9. The van der Waals surface area contributed by atoms with Crippen LogP contribution in [0.2, 0.25) is 5.02 Å². The van der Waals surface area contributed by atoms with Gasteiger partial charge in [0.05, 0.1) is 36.3 Å². The van der Waals surface area contributed by atoms with Gasteiger partial charge in [0.25, 0.3) is 5.91 Å². The first-order valence-electron chi connectivity index (χ1n) is 7.97. The Labute approximate surface area is 149 Å². The van der Waals surface area contributed by atoms with Crippen LogP contribution in [0.1, 0.15) is 23.0 Å². The molecule has 1 aromatic heterocycles. The van der Waals surface area contributed by atoms with Crippen LogP contribution in [0.5, 0.6) is 0 Å². The van der Waals surface area contributed by atoms with Crippen molar-refractivity contribution in [1.82, 2.24) is 14.7 Å². The van der Waals surface area contributed by atoms with Crippen LogP contribution in [-0.4, -0.2) is 57.5 Å². The number of hydrogen-bond acceptors (Lipinski definition) is 4. The van der Waals surface area contributed by atoms with E-state index >= 15 is 0 Å². The van der Waals surface area contributed by atoms with Gasteiger partial charge in [-0.05, 0) is 24.6 Å². The molecule has 1 saturated heterocycles. The third-order valence-electron chi connectivity index (χ3n) is 4.12. The van der Waals surface area contributed by atoms with Gasteiger partial charge >= 0.3 is 5.97 Å². The molecule has 2 heterocycles. The Morgan fingerprint density at radius 1 is 1.44 bits per heavy atom. The predicted molar refractivity (Wildman–Crippen MR) is 91.2 cm³/mol. The number of carbonyl (C=O) groups is 2. The van der Waals surface area contributed by atoms with Crippen LogP contribution in [0.25, 0.3) is 5.69 Å². The Morgan fingerprint density at radius 2 is 2.24 bits per heavy atom. The van der Waals surface area contributed by atoms with Gasteiger partial charge in [-0.2, -0.15) is 5.10 Å². The number of aliphatic carboxylic acids is 1. The number of halogens is 1. The van der Waals surface area contributed by atoms with Gasteiger partial charge in [0.1, 0.15) is 0 Å². The third kappa shape index (κ3) is 3.52. The Bertz CT molecular complexity index is 805. The summed E-state index contributed by atoms with van der Waals surface area (Å²) >= 11 is 6.04. The number of nitrogens with zero attached hydrogens (tertiary/aromatic N) is 3. The smallest absolute Gasteiger partial charge is 0.334 e. The Balaban J connectivity index is 1.90. The molecule has 1 amide bonds. The van der Waals surface area contributed by atoms with Crippen molar-refractivity contribution >= 4 is 23.5 Å². The lowest BCUT2D eigenvalue weighted by Gasteiger charge is -2.30. The Hall–Kier alpha value is -2.38. The first kappa shape index (κ1) is 17.4. The van der Waals surface area contributed by atoms with E-state index in [-0.39, 0.29) is 19.1 Å². The van der Waals surface area contributed by atoms with Gasteiger partial charge in [0.2, 0.25) is 0 Å². The van der Waals surface area contributed by atoms with E-state index in [4.69, 9.17) is 21.4 Å². The second-order valence-corrected chi connectivity index (χ2v) is 6.14. The molecule has 0 spiro atoms. The highest BCUT2D eigenvalue weighted by Crippen LogP contribution is 2.21. The van der Waals surface area contributed by atoms with Crippen molar-refractivity contribution in [3.8, 4) is 5.69 Å². The van der Waals surface area contributed by atoms with E-state index in [0.717, 1.165) is 11.4 Å². The zero-order valence-corrected chi connectivity index (χ0v) is 14.4. The van der Waals surface area contributed by atoms with E-state index in [9.17, 15) is 9.59 Å². The standard InChI is InChI=1S/C17H18ClN3O4/c1-2-14-13(9-19-21(14)12-5-3-4-11(18)8-12)16(22)20-6-7-25-15(10-20)17(23)24/h3-5,8-9,15H,2,6-7,10H2,1H3,(H,23,24). The number of ether oxygens (including phenoxy) is 1. The molecule has 7 nitrogen and oxygen atoms in total. The van der Waals surface area contributed by atoms with Crippen molar-refractivity contribution in [3.05, 3.63) is 46.7 Å². The highest BCUT2D eigenvalue weighted by Gasteiger charge is 2.31. The number of carboxylic acid groups (broad SMARTS) is 1. The van der Waals surface area contributed by atoms with Crippen LogP contribution in [0, 0.1) is 0 Å². The average molecular weight is 364 g/mol. The lowest BCUT2D eigenvalue weighted by Crippen LogP contribution is -2.48. The summed E-state index contributed by atoms with van der Waals surface area (Å²) < 4.78 is 6.86. The van der Waals surface area contributed by atoms with Gasteiger partial charge in [-0.25, -0.2) is 9.48 Å². The van der Waals surface area contributed by atoms with Gasteiger partial charge < -0.3 is 14.7 Å². The van der Waals surface area contributed by atoms with Crippen LogP contribution in [0.4, 0.5) is 0 Å². The molecule has 3 rings (SSSR count). The minimum absolute atomic E-state index is 0.0274. The average Bonchev–Trinajstić information content (AvgIpc) is 3.05. The van der Waals surface area contributed by atoms with E-state index in [1.165, 1.54) is 11.1 Å². The summed E-state index contributed by atoms with van der Waals surface area (Å²) in [4.78, 5) is 25.5. The SMILES string of the molecule is CCc1c(C(=O)N2CCOC(C(=O)O)C2)cnn1-c1cccc(Cl)c1. The summed E-state index contributed by atoms with van der Waals surface area (Å²) in [6, 6.07) is 7.23. The van der Waals surface area contributed by atoms with E-state index < -0.39 is 12.1 Å². The topological polar surface area (TPSA) is 84.7 Å². The molecule has 1 fully saturated rings. The van der Waals surface area contributed by atoms with Crippen molar-refractivity contribution in [2.24, 2.45) is 0 Å². The van der Waals surface area contributed by atoms with Gasteiger partial charge in [0.15, 0.2) is 6.10 Å². The molecule has 1 N–H and O–H groups in total. The number of aromatic nitrogens is 2. The minimum atomic E-state index is -1.07. The number of amides is 1.